The second kappa shape index (κ2) is 3.92. The number of aliphatic hydroxyl groups is 1. The summed E-state index contributed by atoms with van der Waals surface area (Å²) < 4.78 is 0. The van der Waals surface area contributed by atoms with Crippen LogP contribution in [0.2, 0.25) is 0 Å². The monoisotopic (exact) mass is 183 g/mol. The normalized spacial score (nSPS) is 33.8. The van der Waals surface area contributed by atoms with Gasteiger partial charge in [-0.1, -0.05) is 18.6 Å². The van der Waals surface area contributed by atoms with E-state index in [1.54, 1.807) is 0 Å². The molecule has 0 radical (unpaired) electrons. The van der Waals surface area contributed by atoms with E-state index in [2.05, 4.69) is 5.32 Å². The minimum atomic E-state index is -0.535. The first kappa shape index (κ1) is 10.3. The van der Waals surface area contributed by atoms with Gasteiger partial charge in [0.1, 0.15) is 0 Å². The Morgan fingerprint density at radius 1 is 1.69 bits per heavy atom. The van der Waals surface area contributed by atoms with Crippen molar-refractivity contribution in [1.29, 1.82) is 0 Å². The first-order valence-electron chi connectivity index (χ1n) is 4.63. The van der Waals surface area contributed by atoms with Gasteiger partial charge in [0.25, 0.3) is 0 Å². The molecule has 0 aromatic carbocycles. The molecule has 0 saturated carbocycles. The molecule has 0 heterocycles. The fourth-order valence-corrected chi connectivity index (χ4v) is 1.90. The van der Waals surface area contributed by atoms with Crippen molar-refractivity contribution in [1.82, 2.24) is 5.32 Å². The maximum atomic E-state index is 10.8. The van der Waals surface area contributed by atoms with Gasteiger partial charge >= 0.3 is 0 Å². The van der Waals surface area contributed by atoms with Gasteiger partial charge in [-0.05, 0) is 19.3 Å². The third-order valence-electron chi connectivity index (χ3n) is 2.45. The third kappa shape index (κ3) is 2.56. The van der Waals surface area contributed by atoms with Crippen molar-refractivity contribution < 1.29 is 9.90 Å². The highest BCUT2D eigenvalue weighted by Gasteiger charge is 2.28. The molecule has 0 aromatic rings. The molecule has 1 aliphatic rings. The third-order valence-corrected chi connectivity index (χ3v) is 2.45. The predicted molar refractivity (Wildman–Crippen MR) is 51.1 cm³/mol. The number of aliphatic hydroxyl groups excluding tert-OH is 1. The summed E-state index contributed by atoms with van der Waals surface area (Å²) in [6.07, 6.45) is 2.23. The molecule has 0 aromatic heterocycles. The average Bonchev–Trinajstić information content (AvgIpc) is 1.96. The number of carbonyl (C=O) groups is 1. The van der Waals surface area contributed by atoms with Crippen molar-refractivity contribution in [3.8, 4) is 0 Å². The van der Waals surface area contributed by atoms with E-state index in [4.69, 9.17) is 0 Å². The Balaban J connectivity index is 2.68. The van der Waals surface area contributed by atoms with Gasteiger partial charge in [-0.25, -0.2) is 0 Å². The molecular formula is C10H17NO2. The highest BCUT2D eigenvalue weighted by atomic mass is 16.3. The van der Waals surface area contributed by atoms with Crippen LogP contribution in [0.5, 0.6) is 0 Å². The Morgan fingerprint density at radius 2 is 2.31 bits per heavy atom. The SMILES string of the molecule is CC(=O)NC1C(O)C=C(C)C[C@@H]1C. The van der Waals surface area contributed by atoms with Crippen molar-refractivity contribution in [3.05, 3.63) is 11.6 Å². The van der Waals surface area contributed by atoms with E-state index in [0.717, 1.165) is 6.42 Å². The first-order chi connectivity index (χ1) is 6.00. The molecule has 2 N–H and O–H groups in total. The first-order valence-corrected chi connectivity index (χ1v) is 4.63. The molecule has 0 fully saturated rings. The van der Waals surface area contributed by atoms with Gasteiger partial charge in [0.05, 0.1) is 12.1 Å². The van der Waals surface area contributed by atoms with Crippen molar-refractivity contribution in [2.45, 2.75) is 39.3 Å². The maximum absolute atomic E-state index is 10.8. The lowest BCUT2D eigenvalue weighted by Gasteiger charge is -2.32. The molecule has 3 nitrogen and oxygen atoms in total. The molecule has 1 amide bonds. The maximum Gasteiger partial charge on any atom is 0.217 e. The van der Waals surface area contributed by atoms with E-state index in [1.807, 2.05) is 19.9 Å². The highest BCUT2D eigenvalue weighted by Crippen LogP contribution is 2.23. The standard InChI is InChI=1S/C10H17NO2/c1-6-4-7(2)10(9(13)5-6)11-8(3)12/h5,7,9-10,13H,4H2,1-3H3,(H,11,12)/t7-,9?,10?/m0/s1. The summed E-state index contributed by atoms with van der Waals surface area (Å²) in [6.45, 7) is 5.52. The summed E-state index contributed by atoms with van der Waals surface area (Å²) in [5, 5.41) is 12.4. The van der Waals surface area contributed by atoms with Crippen LogP contribution in [0.25, 0.3) is 0 Å². The summed E-state index contributed by atoms with van der Waals surface area (Å²) in [5.74, 6) is 0.229. The van der Waals surface area contributed by atoms with Crippen molar-refractivity contribution >= 4 is 5.91 Å². The fourth-order valence-electron chi connectivity index (χ4n) is 1.90. The Bertz CT molecular complexity index is 235. The fraction of sp³-hybridized carbons (Fsp3) is 0.700. The summed E-state index contributed by atoms with van der Waals surface area (Å²) in [5.41, 5.74) is 1.20. The van der Waals surface area contributed by atoms with Gasteiger partial charge in [0.2, 0.25) is 5.91 Å². The summed E-state index contributed by atoms with van der Waals surface area (Å²) >= 11 is 0. The minimum Gasteiger partial charge on any atom is -0.387 e. The molecule has 0 saturated heterocycles. The van der Waals surface area contributed by atoms with Gasteiger partial charge in [0, 0.05) is 6.92 Å². The van der Waals surface area contributed by atoms with Gasteiger partial charge in [0.15, 0.2) is 0 Å². The number of allylic oxidation sites excluding steroid dienone is 1. The van der Waals surface area contributed by atoms with Crippen molar-refractivity contribution in [2.75, 3.05) is 0 Å². The summed E-state index contributed by atoms with van der Waals surface area (Å²) in [7, 11) is 0. The molecule has 0 spiro atoms. The smallest absolute Gasteiger partial charge is 0.217 e. The summed E-state index contributed by atoms with van der Waals surface area (Å²) in [6, 6.07) is -0.124. The second-order valence-electron chi connectivity index (χ2n) is 3.91. The lowest BCUT2D eigenvalue weighted by atomic mass is 9.84. The molecule has 0 aliphatic heterocycles. The van der Waals surface area contributed by atoms with E-state index in [1.165, 1.54) is 12.5 Å². The zero-order chi connectivity index (χ0) is 10.0. The molecule has 2 unspecified atom stereocenters. The van der Waals surface area contributed by atoms with E-state index in [-0.39, 0.29) is 11.9 Å². The lowest BCUT2D eigenvalue weighted by molar-refractivity contribution is -0.120. The van der Waals surface area contributed by atoms with Crippen LogP contribution < -0.4 is 5.32 Å². The van der Waals surface area contributed by atoms with Crippen LogP contribution in [-0.4, -0.2) is 23.2 Å². The minimum absolute atomic E-state index is 0.0798. The lowest BCUT2D eigenvalue weighted by Crippen LogP contribution is -2.47. The Hall–Kier alpha value is -0.830. The topological polar surface area (TPSA) is 49.3 Å². The number of rotatable bonds is 1. The molecule has 3 atom stereocenters. The second-order valence-corrected chi connectivity index (χ2v) is 3.91. The van der Waals surface area contributed by atoms with Crippen molar-refractivity contribution in [2.24, 2.45) is 5.92 Å². The molecule has 1 rings (SSSR count). The molecule has 3 heteroatoms. The molecular weight excluding hydrogens is 166 g/mol. The molecule has 0 bridgehead atoms. The summed E-state index contributed by atoms with van der Waals surface area (Å²) in [4.78, 5) is 10.8. The zero-order valence-corrected chi connectivity index (χ0v) is 8.37. The van der Waals surface area contributed by atoms with E-state index >= 15 is 0 Å². The Morgan fingerprint density at radius 3 is 2.77 bits per heavy atom. The highest BCUT2D eigenvalue weighted by molar-refractivity contribution is 5.73. The molecule has 1 aliphatic carbocycles. The Kier molecular flexibility index (Phi) is 3.09. The van der Waals surface area contributed by atoms with Crippen LogP contribution in [0.1, 0.15) is 27.2 Å². The zero-order valence-electron chi connectivity index (χ0n) is 8.37. The average molecular weight is 183 g/mol. The van der Waals surface area contributed by atoms with Crippen LogP contribution in [0.3, 0.4) is 0 Å². The molecule has 13 heavy (non-hydrogen) atoms. The van der Waals surface area contributed by atoms with Gasteiger partial charge in [-0.3, -0.25) is 4.79 Å². The van der Waals surface area contributed by atoms with E-state index < -0.39 is 6.10 Å². The number of carbonyl (C=O) groups excluding carboxylic acids is 1. The molecule has 74 valence electrons. The van der Waals surface area contributed by atoms with Crippen LogP contribution in [0.15, 0.2) is 11.6 Å². The van der Waals surface area contributed by atoms with Crippen molar-refractivity contribution in [3.63, 3.8) is 0 Å². The van der Waals surface area contributed by atoms with Gasteiger partial charge < -0.3 is 10.4 Å². The number of nitrogens with one attached hydrogen (secondary N) is 1. The number of amides is 1. The van der Waals surface area contributed by atoms with Crippen LogP contribution in [0.4, 0.5) is 0 Å². The number of hydrogen-bond acceptors (Lipinski definition) is 2. The quantitative estimate of drug-likeness (QED) is 0.592. The van der Waals surface area contributed by atoms with Gasteiger partial charge in [-0.2, -0.15) is 0 Å². The van der Waals surface area contributed by atoms with Crippen LogP contribution in [0, 0.1) is 5.92 Å². The van der Waals surface area contributed by atoms with Crippen LogP contribution >= 0.6 is 0 Å². The predicted octanol–water partition coefficient (Wildman–Crippen LogP) is 0.838. The van der Waals surface area contributed by atoms with E-state index in [0.29, 0.717) is 5.92 Å². The van der Waals surface area contributed by atoms with Gasteiger partial charge in [-0.15, -0.1) is 0 Å². The largest absolute Gasteiger partial charge is 0.387 e. The van der Waals surface area contributed by atoms with E-state index in [9.17, 15) is 9.90 Å². The van der Waals surface area contributed by atoms with Crippen LogP contribution in [-0.2, 0) is 4.79 Å². The number of hydrogen-bond donors (Lipinski definition) is 2. The Labute approximate surface area is 78.8 Å².